The van der Waals surface area contributed by atoms with Gasteiger partial charge in [0.15, 0.2) is 6.61 Å². The number of methoxy groups -OCH3 is 1. The standard InChI is InChI=1S/C36H36ClF3N8O7/c1-54-26-12-2-21(3-13-26)14-18-41-29(50)30(51)42-19-15-27(31(52)53)44-28(49)22-4-10-25(11-5-22)43-32-45-33(47-34(46-32)55-20-36(38,39)40)48-35(16-17-35)23-6-8-24(37)9-7-23/h2-13,27H,14-20H2,1H3,(H,41,50)(H,42,51)(H,44,49)(H,52,53)(H2,43,45,46,47,48)/t27-/m0/s1. The summed E-state index contributed by atoms with van der Waals surface area (Å²) in [6, 6.07) is 17.9. The maximum atomic E-state index is 12.9. The molecule has 3 amide bonds. The molecule has 19 heteroatoms. The van der Waals surface area contributed by atoms with Crippen LogP contribution in [0.3, 0.4) is 0 Å². The largest absolute Gasteiger partial charge is 0.497 e. The number of carbonyl (C=O) groups excluding carboxylic acids is 3. The van der Waals surface area contributed by atoms with E-state index in [1.807, 2.05) is 24.3 Å². The van der Waals surface area contributed by atoms with Gasteiger partial charge in [0.2, 0.25) is 11.9 Å². The molecule has 1 aliphatic carbocycles. The number of hydrogen-bond acceptors (Lipinski definition) is 11. The number of alkyl halides is 3. The summed E-state index contributed by atoms with van der Waals surface area (Å²) in [5.74, 6) is -3.47. The number of nitrogens with one attached hydrogen (secondary N) is 5. The Morgan fingerprint density at radius 2 is 1.51 bits per heavy atom. The molecule has 6 N–H and O–H groups in total. The summed E-state index contributed by atoms with van der Waals surface area (Å²) in [5, 5.41) is 23.4. The fourth-order valence-corrected chi connectivity index (χ4v) is 5.34. The Bertz CT molecular complexity index is 1980. The molecule has 0 spiro atoms. The van der Waals surface area contributed by atoms with Crippen LogP contribution in [0.1, 0.15) is 40.7 Å². The number of rotatable bonds is 17. The zero-order chi connectivity index (χ0) is 39.6. The van der Waals surface area contributed by atoms with Crippen LogP contribution < -0.4 is 36.1 Å². The van der Waals surface area contributed by atoms with Crippen LogP contribution in [0.5, 0.6) is 11.8 Å². The lowest BCUT2D eigenvalue weighted by Gasteiger charge is -2.19. The first-order valence-electron chi connectivity index (χ1n) is 16.8. The lowest BCUT2D eigenvalue weighted by Crippen LogP contribution is -2.45. The topological polar surface area (TPSA) is 206 Å². The average Bonchev–Trinajstić information content (AvgIpc) is 3.94. The van der Waals surface area contributed by atoms with Gasteiger partial charge >= 0.3 is 30.0 Å². The van der Waals surface area contributed by atoms with E-state index in [0.717, 1.165) is 11.1 Å². The van der Waals surface area contributed by atoms with Gasteiger partial charge < -0.3 is 41.2 Å². The monoisotopic (exact) mass is 784 g/mol. The SMILES string of the molecule is COc1ccc(CCNC(=O)C(=O)NCC[C@H](NC(=O)c2ccc(Nc3nc(NC4(c5ccc(Cl)cc5)CC4)nc(OCC(F)(F)F)n3)cc2)C(=O)O)cc1. The summed E-state index contributed by atoms with van der Waals surface area (Å²) in [5.41, 5.74) is 1.64. The number of nitrogens with zero attached hydrogens (tertiary/aromatic N) is 3. The Labute approximate surface area is 317 Å². The van der Waals surface area contributed by atoms with Crippen molar-refractivity contribution in [3.05, 3.63) is 94.5 Å². The maximum Gasteiger partial charge on any atom is 0.422 e. The quantitative estimate of drug-likeness (QED) is 0.0827. The molecule has 290 valence electrons. The molecule has 1 aliphatic rings. The second-order valence-corrected chi connectivity index (χ2v) is 12.8. The predicted octanol–water partition coefficient (Wildman–Crippen LogP) is 4.37. The number of ether oxygens (including phenoxy) is 2. The number of carboxylic acid groups (broad SMARTS) is 1. The molecule has 1 aromatic heterocycles. The van der Waals surface area contributed by atoms with E-state index >= 15 is 0 Å². The zero-order valence-electron chi connectivity index (χ0n) is 29.2. The average molecular weight is 785 g/mol. The molecule has 1 heterocycles. The van der Waals surface area contributed by atoms with E-state index < -0.39 is 54.1 Å². The second kappa shape index (κ2) is 17.8. The second-order valence-electron chi connectivity index (χ2n) is 12.3. The van der Waals surface area contributed by atoms with Crippen LogP contribution in [0.2, 0.25) is 5.02 Å². The van der Waals surface area contributed by atoms with Crippen molar-refractivity contribution in [1.82, 2.24) is 30.9 Å². The van der Waals surface area contributed by atoms with Gasteiger partial charge in [0, 0.05) is 29.4 Å². The molecule has 0 saturated heterocycles. The highest BCUT2D eigenvalue weighted by molar-refractivity contribution is 6.35. The fraction of sp³-hybridized carbons (Fsp3) is 0.306. The highest BCUT2D eigenvalue weighted by Crippen LogP contribution is 2.48. The van der Waals surface area contributed by atoms with E-state index in [1.54, 1.807) is 31.4 Å². The Kier molecular flexibility index (Phi) is 12.9. The normalized spacial score (nSPS) is 13.5. The zero-order valence-corrected chi connectivity index (χ0v) is 30.0. The van der Waals surface area contributed by atoms with E-state index in [2.05, 4.69) is 41.5 Å². The van der Waals surface area contributed by atoms with Crippen LogP contribution in [0.25, 0.3) is 0 Å². The highest BCUT2D eigenvalue weighted by Gasteiger charge is 2.45. The van der Waals surface area contributed by atoms with E-state index in [9.17, 15) is 37.5 Å². The number of hydrogen-bond donors (Lipinski definition) is 6. The number of carbonyl (C=O) groups is 4. The van der Waals surface area contributed by atoms with E-state index in [4.69, 9.17) is 21.1 Å². The van der Waals surface area contributed by atoms with Crippen molar-refractivity contribution in [2.45, 2.75) is 43.4 Å². The van der Waals surface area contributed by atoms with E-state index in [1.165, 1.54) is 24.3 Å². The minimum Gasteiger partial charge on any atom is -0.497 e. The minimum atomic E-state index is -4.64. The van der Waals surface area contributed by atoms with Gasteiger partial charge in [0.05, 0.1) is 12.6 Å². The molecule has 0 unspecified atom stereocenters. The van der Waals surface area contributed by atoms with Crippen LogP contribution in [0, 0.1) is 0 Å². The van der Waals surface area contributed by atoms with Gasteiger partial charge in [0.1, 0.15) is 11.8 Å². The summed E-state index contributed by atoms with van der Waals surface area (Å²) < 4.78 is 48.7. The molecule has 0 bridgehead atoms. The van der Waals surface area contributed by atoms with Crippen molar-refractivity contribution < 1.29 is 46.9 Å². The first kappa shape index (κ1) is 40.0. The predicted molar refractivity (Wildman–Crippen MR) is 193 cm³/mol. The third-order valence-corrected chi connectivity index (χ3v) is 8.52. The summed E-state index contributed by atoms with van der Waals surface area (Å²) in [7, 11) is 1.55. The number of aromatic nitrogens is 3. The van der Waals surface area contributed by atoms with Crippen molar-refractivity contribution in [3.8, 4) is 11.8 Å². The Hall–Kier alpha value is -6.17. The van der Waals surface area contributed by atoms with Crippen molar-refractivity contribution in [3.63, 3.8) is 0 Å². The lowest BCUT2D eigenvalue weighted by atomic mass is 10.1. The van der Waals surface area contributed by atoms with Gasteiger partial charge in [-0.25, -0.2) is 4.79 Å². The summed E-state index contributed by atoms with van der Waals surface area (Å²) in [4.78, 5) is 61.4. The first-order valence-corrected chi connectivity index (χ1v) is 17.2. The summed E-state index contributed by atoms with van der Waals surface area (Å²) in [6.07, 6.45) is -3.00. The third-order valence-electron chi connectivity index (χ3n) is 8.27. The molecule has 3 aromatic carbocycles. The Balaban J connectivity index is 1.14. The number of amides is 3. The number of anilines is 3. The molecule has 1 atom stereocenters. The molecule has 15 nitrogen and oxygen atoms in total. The van der Waals surface area contributed by atoms with Gasteiger partial charge in [-0.3, -0.25) is 14.4 Å². The molecule has 0 radical (unpaired) electrons. The molecule has 1 saturated carbocycles. The van der Waals surface area contributed by atoms with Gasteiger partial charge in [0.25, 0.3) is 5.91 Å². The number of benzene rings is 3. The van der Waals surface area contributed by atoms with Crippen LogP contribution in [0.4, 0.5) is 30.8 Å². The molecule has 1 fully saturated rings. The van der Waals surface area contributed by atoms with Gasteiger partial charge in [-0.2, -0.15) is 28.1 Å². The summed E-state index contributed by atoms with van der Waals surface area (Å²) >= 11 is 6.02. The molecular weight excluding hydrogens is 749 g/mol. The highest BCUT2D eigenvalue weighted by atomic mass is 35.5. The number of aliphatic carboxylic acids is 1. The Morgan fingerprint density at radius 3 is 2.11 bits per heavy atom. The van der Waals surface area contributed by atoms with E-state index in [0.29, 0.717) is 35.7 Å². The molecular formula is C36H36ClF3N8O7. The lowest BCUT2D eigenvalue weighted by molar-refractivity contribution is -0.154. The van der Waals surface area contributed by atoms with Gasteiger partial charge in [-0.15, -0.1) is 0 Å². The van der Waals surface area contributed by atoms with Crippen LogP contribution >= 0.6 is 11.6 Å². The van der Waals surface area contributed by atoms with Crippen molar-refractivity contribution >= 4 is 52.9 Å². The van der Waals surface area contributed by atoms with Crippen molar-refractivity contribution in [1.29, 1.82) is 0 Å². The maximum absolute atomic E-state index is 12.9. The van der Waals surface area contributed by atoms with Crippen molar-refractivity contribution in [2.75, 3.05) is 37.4 Å². The molecule has 5 rings (SSSR count). The number of carboxylic acids is 1. The Morgan fingerprint density at radius 1 is 0.873 bits per heavy atom. The van der Waals surface area contributed by atoms with Crippen molar-refractivity contribution in [2.24, 2.45) is 0 Å². The van der Waals surface area contributed by atoms with Crippen LogP contribution in [-0.4, -0.2) is 82.8 Å². The molecule has 0 aliphatic heterocycles. The smallest absolute Gasteiger partial charge is 0.422 e. The van der Waals surface area contributed by atoms with Crippen LogP contribution in [0.15, 0.2) is 72.8 Å². The minimum absolute atomic E-state index is 0.0422. The number of halogens is 4. The van der Waals surface area contributed by atoms with E-state index in [-0.39, 0.29) is 37.0 Å². The first-order chi connectivity index (χ1) is 26.2. The molecule has 4 aromatic rings. The van der Waals surface area contributed by atoms with Crippen LogP contribution in [-0.2, 0) is 26.3 Å². The summed E-state index contributed by atoms with van der Waals surface area (Å²) in [6.45, 7) is -1.66. The third kappa shape index (κ3) is 11.9. The van der Waals surface area contributed by atoms with Gasteiger partial charge in [-0.05, 0) is 85.3 Å². The fourth-order valence-electron chi connectivity index (χ4n) is 5.21. The van der Waals surface area contributed by atoms with Gasteiger partial charge in [-0.1, -0.05) is 35.9 Å². The molecule has 55 heavy (non-hydrogen) atoms.